The van der Waals surface area contributed by atoms with E-state index in [9.17, 15) is 0 Å². The molecule has 1 N–H and O–H groups in total. The van der Waals surface area contributed by atoms with Gasteiger partial charge in [-0.05, 0) is 45.2 Å². The largest absolute Gasteiger partial charge is 0.339 e. The van der Waals surface area contributed by atoms with Crippen LogP contribution >= 0.6 is 0 Å². The summed E-state index contributed by atoms with van der Waals surface area (Å²) in [6.07, 6.45) is 7.56. The zero-order valence-electron chi connectivity index (χ0n) is 12.5. The highest BCUT2D eigenvalue weighted by atomic mass is 16.5. The molecule has 0 spiro atoms. The van der Waals surface area contributed by atoms with Crippen molar-refractivity contribution in [2.45, 2.75) is 64.0 Å². The van der Waals surface area contributed by atoms with E-state index in [1.54, 1.807) is 0 Å². The lowest BCUT2D eigenvalue weighted by molar-refractivity contribution is 0.210. The van der Waals surface area contributed by atoms with Gasteiger partial charge in [0.05, 0.1) is 6.54 Å². The molecular formula is C15H26N4O. The van der Waals surface area contributed by atoms with Crippen molar-refractivity contribution < 1.29 is 4.52 Å². The van der Waals surface area contributed by atoms with Crippen LogP contribution in [0, 0.1) is 0 Å². The Morgan fingerprint density at radius 3 is 2.90 bits per heavy atom. The van der Waals surface area contributed by atoms with E-state index in [1.807, 2.05) is 0 Å². The van der Waals surface area contributed by atoms with Crippen LogP contribution in [0.15, 0.2) is 4.52 Å². The molecule has 1 saturated heterocycles. The summed E-state index contributed by atoms with van der Waals surface area (Å²) in [7, 11) is 0. The van der Waals surface area contributed by atoms with E-state index in [0.29, 0.717) is 12.0 Å². The highest BCUT2D eigenvalue weighted by Crippen LogP contribution is 2.38. The number of piperidine rings is 1. The van der Waals surface area contributed by atoms with Gasteiger partial charge >= 0.3 is 0 Å². The minimum atomic E-state index is 0.552. The molecular weight excluding hydrogens is 252 g/mol. The third-order valence-corrected chi connectivity index (χ3v) is 4.21. The number of aromatic nitrogens is 2. The van der Waals surface area contributed by atoms with Crippen molar-refractivity contribution in [2.24, 2.45) is 0 Å². The normalized spacial score (nSPS) is 23.4. The fourth-order valence-electron chi connectivity index (χ4n) is 2.97. The first-order chi connectivity index (χ1) is 9.85. The summed E-state index contributed by atoms with van der Waals surface area (Å²) in [4.78, 5) is 7.01. The molecule has 3 rings (SSSR count). The summed E-state index contributed by atoms with van der Waals surface area (Å²) in [5, 5.41) is 7.77. The second-order valence-electron chi connectivity index (χ2n) is 6.21. The van der Waals surface area contributed by atoms with Crippen LogP contribution in [-0.2, 0) is 6.54 Å². The van der Waals surface area contributed by atoms with E-state index >= 15 is 0 Å². The smallest absolute Gasteiger partial charge is 0.229 e. The Morgan fingerprint density at radius 1 is 1.30 bits per heavy atom. The molecule has 2 fully saturated rings. The van der Waals surface area contributed by atoms with E-state index in [-0.39, 0.29) is 0 Å². The van der Waals surface area contributed by atoms with Crippen LogP contribution in [0.5, 0.6) is 0 Å². The third kappa shape index (κ3) is 3.79. The second kappa shape index (κ2) is 6.68. The van der Waals surface area contributed by atoms with Crippen molar-refractivity contribution in [3.05, 3.63) is 11.7 Å². The second-order valence-corrected chi connectivity index (χ2v) is 6.21. The van der Waals surface area contributed by atoms with Gasteiger partial charge in [-0.15, -0.1) is 0 Å². The molecule has 0 radical (unpaired) electrons. The summed E-state index contributed by atoms with van der Waals surface area (Å²) >= 11 is 0. The molecule has 20 heavy (non-hydrogen) atoms. The van der Waals surface area contributed by atoms with E-state index in [0.717, 1.165) is 31.3 Å². The fraction of sp³-hybridized carbons (Fsp3) is 0.867. The maximum atomic E-state index is 5.35. The molecule has 1 saturated carbocycles. The molecule has 1 unspecified atom stereocenters. The number of hydrogen-bond acceptors (Lipinski definition) is 5. The van der Waals surface area contributed by atoms with Gasteiger partial charge in [0.1, 0.15) is 0 Å². The Bertz CT molecular complexity index is 410. The average molecular weight is 278 g/mol. The average Bonchev–Trinajstić information content (AvgIpc) is 3.21. The van der Waals surface area contributed by atoms with E-state index < -0.39 is 0 Å². The Hall–Kier alpha value is -0.940. The van der Waals surface area contributed by atoms with Crippen molar-refractivity contribution in [3.8, 4) is 0 Å². The van der Waals surface area contributed by atoms with Gasteiger partial charge in [-0.25, -0.2) is 0 Å². The van der Waals surface area contributed by atoms with Gasteiger partial charge in [-0.2, -0.15) is 4.98 Å². The van der Waals surface area contributed by atoms with Crippen LogP contribution in [0.4, 0.5) is 0 Å². The maximum Gasteiger partial charge on any atom is 0.229 e. The highest BCUT2D eigenvalue weighted by Gasteiger charge is 2.29. The molecule has 1 aromatic rings. The van der Waals surface area contributed by atoms with Crippen molar-refractivity contribution in [1.29, 1.82) is 0 Å². The molecule has 1 aromatic heterocycles. The number of nitrogens with zero attached hydrogens (tertiary/aromatic N) is 3. The van der Waals surface area contributed by atoms with Gasteiger partial charge in [0, 0.05) is 18.5 Å². The van der Waals surface area contributed by atoms with Gasteiger partial charge in [0.15, 0.2) is 5.82 Å². The molecule has 1 aliphatic carbocycles. The topological polar surface area (TPSA) is 54.2 Å². The Balaban J connectivity index is 1.54. The van der Waals surface area contributed by atoms with Crippen LogP contribution < -0.4 is 5.32 Å². The first kappa shape index (κ1) is 14.0. The van der Waals surface area contributed by atoms with Crippen molar-refractivity contribution >= 4 is 0 Å². The summed E-state index contributed by atoms with van der Waals surface area (Å²) in [6, 6.07) is 0.630. The molecule has 5 heteroatoms. The first-order valence-corrected chi connectivity index (χ1v) is 8.13. The van der Waals surface area contributed by atoms with Gasteiger partial charge in [0.25, 0.3) is 0 Å². The summed E-state index contributed by atoms with van der Waals surface area (Å²) in [6.45, 7) is 6.42. The van der Waals surface area contributed by atoms with E-state index in [4.69, 9.17) is 4.52 Å². The van der Waals surface area contributed by atoms with Gasteiger partial charge < -0.3 is 9.84 Å². The Kier molecular flexibility index (Phi) is 4.68. The third-order valence-electron chi connectivity index (χ3n) is 4.21. The van der Waals surface area contributed by atoms with Crippen molar-refractivity contribution in [3.63, 3.8) is 0 Å². The zero-order chi connectivity index (χ0) is 13.8. The molecule has 1 aliphatic heterocycles. The van der Waals surface area contributed by atoms with E-state index in [1.165, 1.54) is 45.1 Å². The van der Waals surface area contributed by atoms with E-state index in [2.05, 4.69) is 27.3 Å². The van der Waals surface area contributed by atoms with Crippen LogP contribution in [0.3, 0.4) is 0 Å². The van der Waals surface area contributed by atoms with Crippen LogP contribution in [0.1, 0.15) is 63.1 Å². The number of nitrogens with one attached hydrogen (secondary N) is 1. The molecule has 0 aromatic carbocycles. The zero-order valence-corrected chi connectivity index (χ0v) is 12.5. The predicted octanol–water partition coefficient (Wildman–Crippen LogP) is 2.30. The Morgan fingerprint density at radius 2 is 2.20 bits per heavy atom. The minimum Gasteiger partial charge on any atom is -0.339 e. The lowest BCUT2D eigenvalue weighted by atomic mass is 10.0. The lowest BCUT2D eigenvalue weighted by Gasteiger charge is -2.29. The standard InChI is InChI=1S/C15H26N4O/c1-2-9-19(10-13-5-3-4-8-16-13)11-14-17-15(20-18-14)12-6-7-12/h12-13,16H,2-11H2,1H3. The van der Waals surface area contributed by atoms with Gasteiger partial charge in [0.2, 0.25) is 5.89 Å². The molecule has 2 aliphatic rings. The Labute approximate surface area is 121 Å². The number of rotatable bonds is 7. The lowest BCUT2D eigenvalue weighted by Crippen LogP contribution is -2.43. The first-order valence-electron chi connectivity index (χ1n) is 8.13. The van der Waals surface area contributed by atoms with Crippen molar-refractivity contribution in [2.75, 3.05) is 19.6 Å². The molecule has 0 bridgehead atoms. The van der Waals surface area contributed by atoms with Crippen LogP contribution in [0.2, 0.25) is 0 Å². The number of hydrogen-bond donors (Lipinski definition) is 1. The summed E-state index contributed by atoms with van der Waals surface area (Å²) < 4.78 is 5.35. The quantitative estimate of drug-likeness (QED) is 0.829. The molecule has 112 valence electrons. The van der Waals surface area contributed by atoms with Gasteiger partial charge in [-0.3, -0.25) is 4.90 Å². The molecule has 2 heterocycles. The van der Waals surface area contributed by atoms with Gasteiger partial charge in [-0.1, -0.05) is 18.5 Å². The SMILES string of the molecule is CCCN(Cc1noc(C2CC2)n1)CC1CCCCN1. The van der Waals surface area contributed by atoms with Crippen LogP contribution in [0.25, 0.3) is 0 Å². The maximum absolute atomic E-state index is 5.35. The van der Waals surface area contributed by atoms with Crippen molar-refractivity contribution in [1.82, 2.24) is 20.4 Å². The highest BCUT2D eigenvalue weighted by molar-refractivity contribution is 5.01. The fourth-order valence-corrected chi connectivity index (χ4v) is 2.97. The summed E-state index contributed by atoms with van der Waals surface area (Å²) in [5.74, 6) is 2.26. The predicted molar refractivity (Wildman–Crippen MR) is 77.5 cm³/mol. The summed E-state index contributed by atoms with van der Waals surface area (Å²) in [5.41, 5.74) is 0. The molecule has 1 atom stereocenters. The molecule has 0 amide bonds. The minimum absolute atomic E-state index is 0.552. The monoisotopic (exact) mass is 278 g/mol. The molecule has 5 nitrogen and oxygen atoms in total. The van der Waals surface area contributed by atoms with Crippen LogP contribution in [-0.4, -0.2) is 40.7 Å².